The van der Waals surface area contributed by atoms with Crippen LogP contribution in [0.2, 0.25) is 0 Å². The average Bonchev–Trinajstić information content (AvgIpc) is 3.03. The summed E-state index contributed by atoms with van der Waals surface area (Å²) < 4.78 is 11.5. The molecule has 3 rings (SSSR count). The molecule has 2 aromatic rings. The Hall–Kier alpha value is -1.84. The number of para-hydroxylation sites is 1. The van der Waals surface area contributed by atoms with Crippen molar-refractivity contribution in [2.45, 2.75) is 25.7 Å². The number of rotatable bonds is 6. The van der Waals surface area contributed by atoms with Gasteiger partial charge in [-0.3, -0.25) is 4.90 Å². The summed E-state index contributed by atoms with van der Waals surface area (Å²) in [7, 11) is 1.80. The molecule has 0 radical (unpaired) electrons. The second-order valence-electron chi connectivity index (χ2n) is 5.76. The zero-order valence-electron chi connectivity index (χ0n) is 13.1. The highest BCUT2D eigenvalue weighted by Gasteiger charge is 2.22. The van der Waals surface area contributed by atoms with Gasteiger partial charge in [-0.15, -0.1) is 0 Å². The molecule has 3 nitrogen and oxygen atoms in total. The Kier molecular flexibility index (Phi) is 5.09. The van der Waals surface area contributed by atoms with E-state index in [1.54, 1.807) is 7.11 Å². The predicted molar refractivity (Wildman–Crippen MR) is 87.9 cm³/mol. The fourth-order valence-corrected chi connectivity index (χ4v) is 2.88. The first-order valence-electron chi connectivity index (χ1n) is 7.85. The van der Waals surface area contributed by atoms with Crippen LogP contribution in [0.1, 0.15) is 17.5 Å². The highest BCUT2D eigenvalue weighted by molar-refractivity contribution is 5.33. The van der Waals surface area contributed by atoms with E-state index in [2.05, 4.69) is 35.2 Å². The number of likely N-dealkylation sites (tertiary alicyclic amines) is 1. The van der Waals surface area contributed by atoms with E-state index in [4.69, 9.17) is 9.47 Å². The first-order chi connectivity index (χ1) is 10.8. The Morgan fingerprint density at radius 3 is 2.59 bits per heavy atom. The summed E-state index contributed by atoms with van der Waals surface area (Å²) in [6, 6.07) is 18.6. The van der Waals surface area contributed by atoms with Crippen LogP contribution < -0.4 is 4.74 Å². The largest absolute Gasteiger partial charge is 0.489 e. The lowest BCUT2D eigenvalue weighted by molar-refractivity contribution is 0.107. The van der Waals surface area contributed by atoms with Gasteiger partial charge >= 0.3 is 0 Å². The molecule has 0 amide bonds. The van der Waals surface area contributed by atoms with Crippen LogP contribution in [-0.2, 0) is 17.9 Å². The fraction of sp³-hybridized carbons (Fsp3) is 0.368. The van der Waals surface area contributed by atoms with Gasteiger partial charge in [-0.05, 0) is 18.1 Å². The number of nitrogens with zero attached hydrogens (tertiary/aromatic N) is 1. The smallest absolute Gasteiger partial charge is 0.124 e. The molecule has 1 aliphatic heterocycles. The molecule has 1 fully saturated rings. The fourth-order valence-electron chi connectivity index (χ4n) is 2.88. The van der Waals surface area contributed by atoms with Crippen LogP contribution in [0.4, 0.5) is 0 Å². The van der Waals surface area contributed by atoms with Gasteiger partial charge in [0.05, 0.1) is 6.10 Å². The summed E-state index contributed by atoms with van der Waals surface area (Å²) >= 11 is 0. The third-order valence-corrected chi connectivity index (χ3v) is 4.17. The number of hydrogen-bond acceptors (Lipinski definition) is 3. The maximum atomic E-state index is 6.03. The highest BCUT2D eigenvalue weighted by atomic mass is 16.5. The maximum Gasteiger partial charge on any atom is 0.124 e. The quantitative estimate of drug-likeness (QED) is 0.814. The highest BCUT2D eigenvalue weighted by Crippen LogP contribution is 2.23. The maximum absolute atomic E-state index is 6.03. The minimum Gasteiger partial charge on any atom is -0.489 e. The molecule has 0 unspecified atom stereocenters. The molecule has 0 aromatic heterocycles. The molecule has 1 aliphatic rings. The topological polar surface area (TPSA) is 21.7 Å². The van der Waals surface area contributed by atoms with Crippen molar-refractivity contribution >= 4 is 0 Å². The van der Waals surface area contributed by atoms with Gasteiger partial charge in [-0.1, -0.05) is 48.5 Å². The van der Waals surface area contributed by atoms with Crippen molar-refractivity contribution in [3.8, 4) is 5.75 Å². The second kappa shape index (κ2) is 7.43. The Balaban J connectivity index is 1.63. The van der Waals surface area contributed by atoms with Crippen molar-refractivity contribution < 1.29 is 9.47 Å². The van der Waals surface area contributed by atoms with Gasteiger partial charge < -0.3 is 9.47 Å². The Labute approximate surface area is 132 Å². The normalized spacial score (nSPS) is 18.5. The van der Waals surface area contributed by atoms with Crippen molar-refractivity contribution in [3.63, 3.8) is 0 Å². The summed E-state index contributed by atoms with van der Waals surface area (Å²) in [5.74, 6) is 0.979. The van der Waals surface area contributed by atoms with Crippen LogP contribution in [0.25, 0.3) is 0 Å². The first-order valence-corrected chi connectivity index (χ1v) is 7.85. The molecule has 22 heavy (non-hydrogen) atoms. The number of hydrogen-bond donors (Lipinski definition) is 0. The molecule has 0 saturated carbocycles. The molecule has 1 atom stereocenters. The Bertz CT molecular complexity index is 585. The Morgan fingerprint density at radius 1 is 1.05 bits per heavy atom. The molecule has 1 heterocycles. The van der Waals surface area contributed by atoms with Crippen LogP contribution in [0.3, 0.4) is 0 Å². The van der Waals surface area contributed by atoms with Crippen molar-refractivity contribution in [2.24, 2.45) is 0 Å². The Morgan fingerprint density at radius 2 is 1.82 bits per heavy atom. The number of benzene rings is 2. The summed E-state index contributed by atoms with van der Waals surface area (Å²) in [5, 5.41) is 0. The minimum atomic E-state index is 0.373. The van der Waals surface area contributed by atoms with Crippen molar-refractivity contribution in [2.75, 3.05) is 20.2 Å². The molecule has 0 bridgehead atoms. The summed E-state index contributed by atoms with van der Waals surface area (Å²) in [6.45, 7) is 3.62. The minimum absolute atomic E-state index is 0.373. The zero-order valence-corrected chi connectivity index (χ0v) is 13.1. The SMILES string of the molecule is CO[C@H]1CCN(Cc2ccccc2OCc2ccccc2)C1. The second-order valence-corrected chi connectivity index (χ2v) is 5.76. The zero-order chi connectivity index (χ0) is 15.2. The van der Waals surface area contributed by atoms with E-state index in [1.165, 1.54) is 11.1 Å². The summed E-state index contributed by atoms with van der Waals surface area (Å²) in [5.41, 5.74) is 2.44. The lowest BCUT2D eigenvalue weighted by Crippen LogP contribution is -2.22. The van der Waals surface area contributed by atoms with Gasteiger partial charge in [0.2, 0.25) is 0 Å². The van der Waals surface area contributed by atoms with Crippen molar-refractivity contribution in [3.05, 3.63) is 65.7 Å². The van der Waals surface area contributed by atoms with Crippen molar-refractivity contribution in [1.82, 2.24) is 4.90 Å². The molecule has 3 heteroatoms. The molecular formula is C19H23NO2. The molecule has 0 spiro atoms. The van der Waals surface area contributed by atoms with Gasteiger partial charge in [-0.2, -0.15) is 0 Å². The van der Waals surface area contributed by atoms with Crippen LogP contribution in [0, 0.1) is 0 Å². The van der Waals surface area contributed by atoms with Crippen molar-refractivity contribution in [1.29, 1.82) is 0 Å². The van der Waals surface area contributed by atoms with Crippen LogP contribution in [0.15, 0.2) is 54.6 Å². The average molecular weight is 297 g/mol. The molecule has 1 saturated heterocycles. The van der Waals surface area contributed by atoms with E-state index < -0.39 is 0 Å². The van der Waals surface area contributed by atoms with Gasteiger partial charge in [0, 0.05) is 32.3 Å². The molecule has 116 valence electrons. The third kappa shape index (κ3) is 3.87. The van der Waals surface area contributed by atoms with Crippen LogP contribution in [0.5, 0.6) is 5.75 Å². The van der Waals surface area contributed by atoms with E-state index in [0.717, 1.165) is 31.8 Å². The van der Waals surface area contributed by atoms with Crippen LogP contribution in [-0.4, -0.2) is 31.2 Å². The van der Waals surface area contributed by atoms with Gasteiger partial charge in [0.1, 0.15) is 12.4 Å². The number of methoxy groups -OCH3 is 1. The van der Waals surface area contributed by atoms with E-state index in [-0.39, 0.29) is 0 Å². The van der Waals surface area contributed by atoms with Gasteiger partial charge in [0.25, 0.3) is 0 Å². The lowest BCUT2D eigenvalue weighted by Gasteiger charge is -2.18. The summed E-state index contributed by atoms with van der Waals surface area (Å²) in [6.07, 6.45) is 1.49. The molecular weight excluding hydrogens is 274 g/mol. The molecule has 2 aromatic carbocycles. The molecule has 0 aliphatic carbocycles. The third-order valence-electron chi connectivity index (χ3n) is 4.17. The van der Waals surface area contributed by atoms with Crippen LogP contribution >= 0.6 is 0 Å². The standard InChI is InChI=1S/C19H23NO2/c1-21-18-11-12-20(14-18)13-17-9-5-6-10-19(17)22-15-16-7-3-2-4-8-16/h2-10,18H,11-15H2,1H3/t18-/m0/s1. The van der Waals surface area contributed by atoms with Gasteiger partial charge in [0.15, 0.2) is 0 Å². The first kappa shape index (κ1) is 15.1. The monoisotopic (exact) mass is 297 g/mol. The van der Waals surface area contributed by atoms with E-state index in [0.29, 0.717) is 12.7 Å². The lowest BCUT2D eigenvalue weighted by atomic mass is 10.2. The van der Waals surface area contributed by atoms with E-state index >= 15 is 0 Å². The summed E-state index contributed by atoms with van der Waals surface area (Å²) in [4.78, 5) is 2.43. The number of ether oxygens (including phenoxy) is 2. The van der Waals surface area contributed by atoms with E-state index in [1.807, 2.05) is 24.3 Å². The predicted octanol–water partition coefficient (Wildman–Crippen LogP) is 3.49. The molecule has 0 N–H and O–H groups in total. The van der Waals surface area contributed by atoms with Gasteiger partial charge in [-0.25, -0.2) is 0 Å². The van der Waals surface area contributed by atoms with E-state index in [9.17, 15) is 0 Å².